The molecule has 0 atom stereocenters. The molecule has 0 saturated carbocycles. The molecule has 0 bridgehead atoms. The fourth-order valence-corrected chi connectivity index (χ4v) is 11.3. The van der Waals surface area contributed by atoms with E-state index in [1.165, 1.54) is 18.2 Å². The number of hydrogen-bond donors (Lipinski definition) is 1. The summed E-state index contributed by atoms with van der Waals surface area (Å²) in [6.45, 7) is 16.0. The second-order valence-corrected chi connectivity index (χ2v) is 16.6. The quantitative estimate of drug-likeness (QED) is 0.288. The van der Waals surface area contributed by atoms with E-state index in [4.69, 9.17) is 4.43 Å². The monoisotopic (exact) mass is 517 g/mol. The van der Waals surface area contributed by atoms with Crippen molar-refractivity contribution in [2.24, 2.45) is 0 Å². The average Bonchev–Trinajstić information content (AvgIpc) is 2.80. The highest BCUT2D eigenvalue weighted by Crippen LogP contribution is 2.43. The number of carbonyl (C=O) groups excluding carboxylic acids is 1. The van der Waals surface area contributed by atoms with Gasteiger partial charge in [0, 0.05) is 19.2 Å². The fraction of sp³-hybridized carbons (Fsp3) is 0.552. The summed E-state index contributed by atoms with van der Waals surface area (Å²) in [6.07, 6.45) is 0.759. The van der Waals surface area contributed by atoms with Crippen molar-refractivity contribution in [3.63, 3.8) is 0 Å². The summed E-state index contributed by atoms with van der Waals surface area (Å²) in [6, 6.07) is 9.02. The lowest BCUT2D eigenvalue weighted by molar-refractivity contribution is -0.0247. The van der Waals surface area contributed by atoms with E-state index in [1.54, 1.807) is 18.2 Å². The first kappa shape index (κ1) is 28.5. The Balaban J connectivity index is 1.72. The Labute approximate surface area is 215 Å². The maximum Gasteiger partial charge on any atom is 0.258 e. The minimum Gasteiger partial charge on any atom is -0.542 e. The first-order valence-electron chi connectivity index (χ1n) is 13.0. The number of ketones is 1. The maximum absolute atomic E-state index is 15.2. The Bertz CT molecular complexity index is 1060. The zero-order chi connectivity index (χ0) is 26.8. The normalized spacial score (nSPS) is 16.7. The van der Waals surface area contributed by atoms with Gasteiger partial charge in [-0.2, -0.15) is 0 Å². The molecule has 3 rings (SSSR count). The van der Waals surface area contributed by atoms with Crippen LogP contribution in [0.5, 0.6) is 5.75 Å². The van der Waals surface area contributed by atoms with Crippen LogP contribution in [0.4, 0.5) is 8.78 Å². The predicted octanol–water partition coefficient (Wildman–Crippen LogP) is 6.99. The van der Waals surface area contributed by atoms with E-state index >= 15 is 4.39 Å². The molecule has 0 aromatic heterocycles. The standard InChI is InChI=1S/C29H41F2NO3Si/c1-19(2)36(20(3)4,21(5)6)35-28-17-26(31)25(15-22(28)7)27(33)18-32-13-11-29(34,12-14-32)23-9-8-10-24(30)16-23/h8-10,15-17,19-21,34H,11-14,18H2,1-7H3. The Morgan fingerprint density at radius 2 is 1.61 bits per heavy atom. The van der Waals surface area contributed by atoms with E-state index in [0.717, 1.165) is 5.56 Å². The Hall–Kier alpha value is -2.09. The summed E-state index contributed by atoms with van der Waals surface area (Å²) < 4.78 is 35.5. The molecule has 1 aliphatic rings. The molecule has 0 amide bonds. The van der Waals surface area contributed by atoms with Gasteiger partial charge in [0.25, 0.3) is 8.32 Å². The highest BCUT2D eigenvalue weighted by Gasteiger charge is 2.47. The molecule has 1 aliphatic heterocycles. The van der Waals surface area contributed by atoms with E-state index in [0.29, 0.717) is 53.9 Å². The van der Waals surface area contributed by atoms with Crippen molar-refractivity contribution in [2.75, 3.05) is 19.6 Å². The number of aliphatic hydroxyl groups is 1. The van der Waals surface area contributed by atoms with E-state index < -0.39 is 19.7 Å². The van der Waals surface area contributed by atoms with Crippen molar-refractivity contribution in [1.29, 1.82) is 0 Å². The summed E-state index contributed by atoms with van der Waals surface area (Å²) in [5.74, 6) is -0.705. The van der Waals surface area contributed by atoms with Gasteiger partial charge in [0.1, 0.15) is 17.4 Å². The van der Waals surface area contributed by atoms with Crippen molar-refractivity contribution < 1.29 is 23.1 Å². The minimum atomic E-state index is -2.25. The number of aryl methyl sites for hydroxylation is 1. The molecule has 198 valence electrons. The van der Waals surface area contributed by atoms with Crippen LogP contribution in [0.2, 0.25) is 16.6 Å². The van der Waals surface area contributed by atoms with Crippen molar-refractivity contribution >= 4 is 14.1 Å². The van der Waals surface area contributed by atoms with Gasteiger partial charge in [0.15, 0.2) is 5.78 Å². The number of piperidine rings is 1. The highest BCUT2D eigenvalue weighted by molar-refractivity contribution is 6.78. The molecule has 1 N–H and O–H groups in total. The van der Waals surface area contributed by atoms with E-state index in [1.807, 2.05) is 11.8 Å². The lowest BCUT2D eigenvalue weighted by atomic mass is 9.84. The third-order valence-electron chi connectivity index (χ3n) is 7.97. The van der Waals surface area contributed by atoms with E-state index in [-0.39, 0.29) is 23.7 Å². The Morgan fingerprint density at radius 3 is 2.14 bits per heavy atom. The van der Waals surface area contributed by atoms with E-state index in [2.05, 4.69) is 41.5 Å². The average molecular weight is 518 g/mol. The second-order valence-electron chi connectivity index (χ2n) is 11.3. The third kappa shape index (κ3) is 5.73. The number of nitrogens with zero attached hydrogens (tertiary/aromatic N) is 1. The summed E-state index contributed by atoms with van der Waals surface area (Å²) in [5, 5.41) is 11.0. The summed E-state index contributed by atoms with van der Waals surface area (Å²) in [5.41, 5.74) is 1.32. The first-order chi connectivity index (χ1) is 16.8. The molecule has 2 aromatic rings. The fourth-order valence-electron chi connectivity index (χ4n) is 5.97. The van der Waals surface area contributed by atoms with Gasteiger partial charge >= 0.3 is 0 Å². The lowest BCUT2D eigenvalue weighted by Crippen LogP contribution is -2.50. The summed E-state index contributed by atoms with van der Waals surface area (Å²) >= 11 is 0. The van der Waals surface area contributed by atoms with Crippen molar-refractivity contribution in [3.8, 4) is 5.75 Å². The number of carbonyl (C=O) groups is 1. The van der Waals surface area contributed by atoms with Gasteiger partial charge in [0.2, 0.25) is 0 Å². The van der Waals surface area contributed by atoms with Crippen molar-refractivity contribution in [1.82, 2.24) is 4.90 Å². The van der Waals surface area contributed by atoms with Crippen LogP contribution in [0.15, 0.2) is 36.4 Å². The number of hydrogen-bond acceptors (Lipinski definition) is 4. The molecule has 36 heavy (non-hydrogen) atoms. The lowest BCUT2D eigenvalue weighted by Gasteiger charge is -2.42. The van der Waals surface area contributed by atoms with Crippen LogP contribution in [-0.2, 0) is 5.60 Å². The SMILES string of the molecule is Cc1cc(C(=O)CN2CCC(O)(c3cccc(F)c3)CC2)c(F)cc1O[Si](C(C)C)(C(C)C)C(C)C. The van der Waals surface area contributed by atoms with Gasteiger partial charge in [-0.1, -0.05) is 53.7 Å². The van der Waals surface area contributed by atoms with Crippen LogP contribution in [-0.4, -0.2) is 43.7 Å². The number of halogens is 2. The second kappa shape index (κ2) is 11.1. The number of Topliss-reactive ketones (excluding diaryl/α,β-unsaturated/α-hetero) is 1. The maximum atomic E-state index is 15.2. The molecule has 0 spiro atoms. The van der Waals surface area contributed by atoms with Crippen molar-refractivity contribution in [3.05, 3.63) is 64.7 Å². The molecule has 0 unspecified atom stereocenters. The van der Waals surface area contributed by atoms with Gasteiger partial charge < -0.3 is 9.53 Å². The highest BCUT2D eigenvalue weighted by atomic mass is 28.4. The van der Waals surface area contributed by atoms with Crippen LogP contribution < -0.4 is 4.43 Å². The molecule has 1 heterocycles. The molecule has 1 fully saturated rings. The van der Waals surface area contributed by atoms with Gasteiger partial charge in [-0.3, -0.25) is 9.69 Å². The van der Waals surface area contributed by atoms with Gasteiger partial charge in [-0.15, -0.1) is 0 Å². The molecule has 4 nitrogen and oxygen atoms in total. The van der Waals surface area contributed by atoms with Crippen LogP contribution >= 0.6 is 0 Å². The van der Waals surface area contributed by atoms with Gasteiger partial charge in [0.05, 0.1) is 17.7 Å². The third-order valence-corrected chi connectivity index (χ3v) is 14.0. The van der Waals surface area contributed by atoms with Crippen LogP contribution in [0.25, 0.3) is 0 Å². The van der Waals surface area contributed by atoms with Crippen LogP contribution in [0.3, 0.4) is 0 Å². The topological polar surface area (TPSA) is 49.8 Å². The molecular weight excluding hydrogens is 476 g/mol. The minimum absolute atomic E-state index is 0.0664. The molecule has 1 saturated heterocycles. The van der Waals surface area contributed by atoms with Crippen LogP contribution in [0, 0.1) is 18.6 Å². The zero-order valence-corrected chi connectivity index (χ0v) is 23.7. The Morgan fingerprint density at radius 1 is 1.03 bits per heavy atom. The smallest absolute Gasteiger partial charge is 0.258 e. The zero-order valence-electron chi connectivity index (χ0n) is 22.7. The largest absolute Gasteiger partial charge is 0.542 e. The first-order valence-corrected chi connectivity index (χ1v) is 15.2. The predicted molar refractivity (Wildman–Crippen MR) is 143 cm³/mol. The Kier molecular flexibility index (Phi) is 8.79. The number of benzene rings is 2. The summed E-state index contributed by atoms with van der Waals surface area (Å²) in [7, 11) is -2.25. The van der Waals surface area contributed by atoms with Gasteiger partial charge in [-0.05, 0) is 65.7 Å². The number of rotatable bonds is 9. The van der Waals surface area contributed by atoms with Crippen LogP contribution in [0.1, 0.15) is 75.9 Å². The molecule has 2 aromatic carbocycles. The van der Waals surface area contributed by atoms with Gasteiger partial charge in [-0.25, -0.2) is 8.78 Å². The molecule has 0 aliphatic carbocycles. The molecular formula is C29H41F2NO3Si. The van der Waals surface area contributed by atoms with E-state index in [9.17, 15) is 14.3 Å². The number of likely N-dealkylation sites (tertiary alicyclic amines) is 1. The summed E-state index contributed by atoms with van der Waals surface area (Å²) in [4.78, 5) is 15.0. The van der Waals surface area contributed by atoms with Crippen molar-refractivity contribution in [2.45, 2.75) is 83.5 Å². The molecule has 0 radical (unpaired) electrons. The molecule has 7 heteroatoms.